The van der Waals surface area contributed by atoms with E-state index in [1.165, 1.54) is 0 Å². The number of fused-ring (bicyclic) bond motifs is 2. The van der Waals surface area contributed by atoms with Crippen molar-refractivity contribution in [3.05, 3.63) is 120 Å². The van der Waals surface area contributed by atoms with Gasteiger partial charge in [0.2, 0.25) is 17.7 Å². The smallest absolute Gasteiger partial charge is 0.408 e. The van der Waals surface area contributed by atoms with Gasteiger partial charge in [-0.3, -0.25) is 29.3 Å². The first kappa shape index (κ1) is 39.4. The third-order valence-corrected chi connectivity index (χ3v) is 9.97. The second-order valence-corrected chi connectivity index (χ2v) is 15.2. The Kier molecular flexibility index (Phi) is 11.4. The van der Waals surface area contributed by atoms with Crippen LogP contribution in [0.4, 0.5) is 4.79 Å². The van der Waals surface area contributed by atoms with Crippen LogP contribution in [0.25, 0.3) is 21.7 Å². The standard InChI is InChI=1S/C43H45N5O8/c1-42(2,3)56-41(55)47-35(21-29-24-45-33-16-10-9-15-30(29)33)39(53)48-40(54)43(23-31(43)27-12-5-4-6-13-27)37(51)34(22-36(49)50)46-38(52)32(44)20-25-17-18-26-11-7-8-14-28(26)19-25/h4-19,24,31-32,34-35,45H,20-23,44H2,1-3H3,(H,46,52)(H,47,55)(H,49,50)(H,48,53,54)/t31-,32-,34-,35-,43+/m0/s1. The lowest BCUT2D eigenvalue weighted by molar-refractivity contribution is -0.145. The van der Waals surface area contributed by atoms with E-state index in [9.17, 15) is 33.9 Å². The van der Waals surface area contributed by atoms with Crippen LogP contribution in [0.15, 0.2) is 103 Å². The number of aliphatic carboxylic acids is 1. The number of para-hydroxylation sites is 1. The predicted octanol–water partition coefficient (Wildman–Crippen LogP) is 4.67. The molecule has 290 valence electrons. The number of H-pyrrole nitrogens is 1. The molecule has 0 unspecified atom stereocenters. The summed E-state index contributed by atoms with van der Waals surface area (Å²) in [5, 5.41) is 20.1. The highest BCUT2D eigenvalue weighted by atomic mass is 16.6. The zero-order valence-corrected chi connectivity index (χ0v) is 31.3. The molecule has 1 heterocycles. The average molecular weight is 760 g/mol. The van der Waals surface area contributed by atoms with Gasteiger partial charge < -0.3 is 31.2 Å². The topological polar surface area (TPSA) is 210 Å². The Morgan fingerprint density at radius 3 is 2.23 bits per heavy atom. The molecule has 0 aliphatic heterocycles. The second-order valence-electron chi connectivity index (χ2n) is 15.2. The minimum atomic E-state index is -1.93. The highest BCUT2D eigenvalue weighted by Crippen LogP contribution is 2.60. The summed E-state index contributed by atoms with van der Waals surface area (Å²) in [6.07, 6.45) is -0.0330. The van der Waals surface area contributed by atoms with E-state index in [-0.39, 0.29) is 19.3 Å². The van der Waals surface area contributed by atoms with Gasteiger partial charge in [0.05, 0.1) is 18.5 Å². The van der Waals surface area contributed by atoms with Crippen LogP contribution in [0, 0.1) is 5.41 Å². The molecule has 6 rings (SSSR count). The van der Waals surface area contributed by atoms with E-state index >= 15 is 0 Å². The maximum Gasteiger partial charge on any atom is 0.408 e. The molecule has 13 nitrogen and oxygen atoms in total. The van der Waals surface area contributed by atoms with Crippen molar-refractivity contribution < 1.29 is 38.6 Å². The number of carboxylic acid groups (broad SMARTS) is 1. The number of nitrogens with two attached hydrogens (primary N) is 1. The average Bonchev–Trinajstić information content (AvgIpc) is 3.80. The molecule has 4 amide bonds. The minimum Gasteiger partial charge on any atom is -0.481 e. The number of nitrogens with one attached hydrogen (secondary N) is 4. The van der Waals surface area contributed by atoms with Gasteiger partial charge in [0.15, 0.2) is 5.78 Å². The predicted molar refractivity (Wildman–Crippen MR) is 209 cm³/mol. The van der Waals surface area contributed by atoms with E-state index in [4.69, 9.17) is 10.5 Å². The first-order chi connectivity index (χ1) is 26.6. The molecule has 13 heteroatoms. The summed E-state index contributed by atoms with van der Waals surface area (Å²) < 4.78 is 5.42. The van der Waals surface area contributed by atoms with E-state index in [1.54, 1.807) is 57.3 Å². The monoisotopic (exact) mass is 759 g/mol. The van der Waals surface area contributed by atoms with Crippen LogP contribution < -0.4 is 21.7 Å². The number of hydrogen-bond acceptors (Lipinski definition) is 8. The molecule has 4 aromatic carbocycles. The largest absolute Gasteiger partial charge is 0.481 e. The SMILES string of the molecule is CC(C)(C)OC(=O)N[C@@H](Cc1c[nH]c2ccccc12)C(=O)NC(=O)[C@]1(C(=O)[C@H](CC(=O)O)NC(=O)[C@@H](N)Cc2ccc3ccccc3c2)C[C@H]1c1ccccc1. The molecule has 1 aliphatic carbocycles. The van der Waals surface area contributed by atoms with Crippen molar-refractivity contribution >= 4 is 57.2 Å². The summed E-state index contributed by atoms with van der Waals surface area (Å²) in [6.45, 7) is 5.00. The first-order valence-corrected chi connectivity index (χ1v) is 18.4. The summed E-state index contributed by atoms with van der Waals surface area (Å²) in [7, 11) is 0. The number of carbonyl (C=O) groups excluding carboxylic acids is 5. The number of alkyl carbamates (subject to hydrolysis) is 1. The highest BCUT2D eigenvalue weighted by Gasteiger charge is 2.67. The molecule has 5 aromatic rings. The molecule has 1 aliphatic rings. The summed E-state index contributed by atoms with van der Waals surface area (Å²) in [5.74, 6) is -5.68. The van der Waals surface area contributed by atoms with Gasteiger partial charge in [-0.25, -0.2) is 4.79 Å². The van der Waals surface area contributed by atoms with Crippen LogP contribution in [-0.4, -0.2) is 69.4 Å². The summed E-state index contributed by atoms with van der Waals surface area (Å²) in [4.78, 5) is 84.7. The van der Waals surface area contributed by atoms with Crippen molar-refractivity contribution in [3.8, 4) is 0 Å². The Hall–Kier alpha value is -6.34. The van der Waals surface area contributed by atoms with Crippen LogP contribution in [0.1, 0.15) is 56.2 Å². The van der Waals surface area contributed by atoms with Crippen molar-refractivity contribution in [2.45, 2.75) is 76.1 Å². The lowest BCUT2D eigenvalue weighted by Crippen LogP contribution is -2.56. The molecule has 0 bridgehead atoms. The van der Waals surface area contributed by atoms with Crippen molar-refractivity contribution in [2.24, 2.45) is 11.1 Å². The number of rotatable bonds is 14. The zero-order valence-electron chi connectivity index (χ0n) is 31.3. The maximum absolute atomic E-state index is 14.6. The Labute approximate surface area is 323 Å². The molecule has 7 N–H and O–H groups in total. The zero-order chi connectivity index (χ0) is 40.2. The lowest BCUT2D eigenvalue weighted by Gasteiger charge is -2.26. The first-order valence-electron chi connectivity index (χ1n) is 18.4. The molecule has 5 atom stereocenters. The van der Waals surface area contributed by atoms with Crippen molar-refractivity contribution in [2.75, 3.05) is 0 Å². The Balaban J connectivity index is 1.25. The second kappa shape index (κ2) is 16.2. The number of aromatic amines is 1. The molecule has 1 aromatic heterocycles. The number of imide groups is 1. The fourth-order valence-corrected chi connectivity index (χ4v) is 7.16. The molecular formula is C43H45N5O8. The van der Waals surface area contributed by atoms with Crippen LogP contribution in [0.5, 0.6) is 0 Å². The molecular weight excluding hydrogens is 714 g/mol. The Bertz CT molecular complexity index is 2300. The van der Waals surface area contributed by atoms with Crippen molar-refractivity contribution in [1.29, 1.82) is 0 Å². The number of carbonyl (C=O) groups is 6. The normalized spacial score (nSPS) is 18.0. The van der Waals surface area contributed by atoms with Crippen molar-refractivity contribution in [3.63, 3.8) is 0 Å². The molecule has 0 spiro atoms. The Morgan fingerprint density at radius 1 is 0.839 bits per heavy atom. The van der Waals surface area contributed by atoms with Crippen LogP contribution in [0.2, 0.25) is 0 Å². The van der Waals surface area contributed by atoms with Crippen LogP contribution in [0.3, 0.4) is 0 Å². The van der Waals surface area contributed by atoms with Gasteiger partial charge in [-0.05, 0) is 67.1 Å². The third kappa shape index (κ3) is 8.95. The van der Waals surface area contributed by atoms with Gasteiger partial charge in [-0.2, -0.15) is 0 Å². The number of aromatic nitrogens is 1. The highest BCUT2D eigenvalue weighted by molar-refractivity contribution is 6.17. The number of ketones is 1. The molecule has 1 saturated carbocycles. The van der Waals surface area contributed by atoms with Crippen molar-refractivity contribution in [1.82, 2.24) is 20.9 Å². The van der Waals surface area contributed by atoms with E-state index in [0.29, 0.717) is 11.1 Å². The van der Waals surface area contributed by atoms with Gasteiger partial charge in [0.25, 0.3) is 0 Å². The van der Waals surface area contributed by atoms with Gasteiger partial charge in [0.1, 0.15) is 17.1 Å². The van der Waals surface area contributed by atoms with E-state index in [0.717, 1.165) is 27.2 Å². The number of Topliss-reactive ketones (excluding diaryl/α,β-unsaturated/α-hetero) is 1. The minimum absolute atomic E-state index is 0.0434. The van der Waals surface area contributed by atoms with Gasteiger partial charge in [-0.15, -0.1) is 0 Å². The molecule has 0 radical (unpaired) electrons. The maximum atomic E-state index is 14.6. The molecule has 0 saturated heterocycles. The number of hydrogen-bond donors (Lipinski definition) is 6. The Morgan fingerprint density at radius 2 is 1.52 bits per heavy atom. The number of amides is 4. The van der Waals surface area contributed by atoms with E-state index < -0.39 is 77.0 Å². The third-order valence-electron chi connectivity index (χ3n) is 9.97. The van der Waals surface area contributed by atoms with E-state index in [2.05, 4.69) is 20.9 Å². The van der Waals surface area contributed by atoms with Gasteiger partial charge in [0, 0.05) is 29.4 Å². The number of carboxylic acids is 1. The number of ether oxygens (including phenoxy) is 1. The van der Waals surface area contributed by atoms with Gasteiger partial charge in [-0.1, -0.05) is 91.0 Å². The summed E-state index contributed by atoms with van der Waals surface area (Å²) in [5.41, 5.74) is 6.32. The van der Waals surface area contributed by atoms with E-state index in [1.807, 2.05) is 66.7 Å². The molecule has 1 fully saturated rings. The summed E-state index contributed by atoms with van der Waals surface area (Å²) >= 11 is 0. The number of benzene rings is 4. The van der Waals surface area contributed by atoms with Gasteiger partial charge >= 0.3 is 12.1 Å². The summed E-state index contributed by atoms with van der Waals surface area (Å²) in [6, 6.07) is 25.3. The van der Waals surface area contributed by atoms with Crippen LogP contribution >= 0.6 is 0 Å². The molecule has 56 heavy (non-hydrogen) atoms. The quantitative estimate of drug-likeness (QED) is 0.0868. The fourth-order valence-electron chi connectivity index (χ4n) is 7.16. The fraction of sp³-hybridized carbons (Fsp3) is 0.302. The van der Waals surface area contributed by atoms with Crippen LogP contribution in [-0.2, 0) is 41.6 Å². The lowest BCUT2D eigenvalue weighted by atomic mass is 9.87.